The van der Waals surface area contributed by atoms with Crippen LogP contribution in [0.5, 0.6) is 0 Å². The quantitative estimate of drug-likeness (QED) is 0.425. The third-order valence-corrected chi connectivity index (χ3v) is 5.96. The molecule has 2 heterocycles. The van der Waals surface area contributed by atoms with Crippen molar-refractivity contribution in [1.82, 2.24) is 15.5 Å². The van der Waals surface area contributed by atoms with Gasteiger partial charge in [0.25, 0.3) is 11.4 Å². The Labute approximate surface area is 199 Å². The molecule has 0 saturated heterocycles. The smallest absolute Gasteiger partial charge is 0.349 e. The molecule has 0 fully saturated rings. The van der Waals surface area contributed by atoms with Crippen molar-refractivity contribution in [2.24, 2.45) is 10.2 Å². The standard InChI is InChI=1S/C25H23F4N5O/c1-16-13-31-33-22(16)11-18-7-5-17(6-8-18)10-21-15-32-34-24(21,25(27,28)29)23(35)30-14-20-4-2-3-19(9-20)12-26/h2-9,13,15H,10-12,14H2,1H3,(H,30,35)(H,31,33). The van der Waals surface area contributed by atoms with Crippen molar-refractivity contribution in [1.29, 1.82) is 0 Å². The molecule has 0 saturated carbocycles. The number of hydrogen-bond acceptors (Lipinski definition) is 4. The molecule has 2 N–H and O–H groups in total. The maximum Gasteiger partial charge on any atom is 0.428 e. The second kappa shape index (κ2) is 9.81. The first-order valence-electron chi connectivity index (χ1n) is 10.9. The van der Waals surface area contributed by atoms with Gasteiger partial charge in [0.2, 0.25) is 0 Å². The molecule has 0 bridgehead atoms. The maximum absolute atomic E-state index is 14.3. The van der Waals surface area contributed by atoms with Gasteiger partial charge in [-0.3, -0.25) is 9.89 Å². The van der Waals surface area contributed by atoms with E-state index in [1.807, 2.05) is 19.1 Å². The monoisotopic (exact) mass is 485 g/mol. The minimum absolute atomic E-state index is 0.152. The SMILES string of the molecule is Cc1cn[nH]c1Cc1ccc(CC2=CN=NC2(C(=O)NCc2cccc(CF)c2)C(F)(F)F)cc1. The van der Waals surface area contributed by atoms with Crippen LogP contribution in [0.1, 0.15) is 33.5 Å². The number of rotatable bonds is 8. The van der Waals surface area contributed by atoms with Crippen molar-refractivity contribution >= 4 is 5.91 Å². The summed E-state index contributed by atoms with van der Waals surface area (Å²) in [5, 5.41) is 16.1. The lowest BCUT2D eigenvalue weighted by Crippen LogP contribution is -2.56. The van der Waals surface area contributed by atoms with Crippen LogP contribution in [0.15, 0.2) is 76.7 Å². The number of benzene rings is 2. The summed E-state index contributed by atoms with van der Waals surface area (Å²) in [7, 11) is 0. The van der Waals surface area contributed by atoms with Crippen LogP contribution in [-0.4, -0.2) is 27.8 Å². The normalized spacial score (nSPS) is 17.5. The number of H-pyrrole nitrogens is 1. The average molecular weight is 485 g/mol. The Bertz CT molecular complexity index is 1260. The van der Waals surface area contributed by atoms with E-state index in [-0.39, 0.29) is 18.5 Å². The molecule has 0 spiro atoms. The van der Waals surface area contributed by atoms with Crippen molar-refractivity contribution in [3.8, 4) is 0 Å². The lowest BCUT2D eigenvalue weighted by Gasteiger charge is -2.29. The van der Waals surface area contributed by atoms with Crippen LogP contribution in [0.4, 0.5) is 17.6 Å². The molecule has 0 aliphatic carbocycles. The van der Waals surface area contributed by atoms with Gasteiger partial charge in [0.1, 0.15) is 6.67 Å². The van der Waals surface area contributed by atoms with Crippen LogP contribution in [0, 0.1) is 6.92 Å². The molecule has 1 amide bonds. The summed E-state index contributed by atoms with van der Waals surface area (Å²) in [4.78, 5) is 12.9. The van der Waals surface area contributed by atoms with E-state index in [1.54, 1.807) is 36.5 Å². The van der Waals surface area contributed by atoms with Crippen molar-refractivity contribution in [3.05, 3.63) is 100 Å². The highest BCUT2D eigenvalue weighted by atomic mass is 19.4. The first-order chi connectivity index (χ1) is 16.7. The number of alkyl halides is 4. The highest BCUT2D eigenvalue weighted by molar-refractivity contribution is 5.91. The third-order valence-electron chi connectivity index (χ3n) is 5.96. The summed E-state index contributed by atoms with van der Waals surface area (Å²) in [6.07, 6.45) is -1.82. The zero-order chi connectivity index (χ0) is 25.1. The van der Waals surface area contributed by atoms with Gasteiger partial charge in [-0.1, -0.05) is 48.5 Å². The number of aryl methyl sites for hydroxylation is 1. The second-order valence-electron chi connectivity index (χ2n) is 8.42. The van der Waals surface area contributed by atoms with Crippen LogP contribution in [-0.2, 0) is 30.9 Å². The average Bonchev–Trinajstić information content (AvgIpc) is 3.45. The summed E-state index contributed by atoms with van der Waals surface area (Å²) in [6.45, 7) is 1.02. The molecule has 2 aromatic carbocycles. The second-order valence-corrected chi connectivity index (χ2v) is 8.42. The predicted molar refractivity (Wildman–Crippen MR) is 121 cm³/mol. The van der Waals surface area contributed by atoms with E-state index in [2.05, 4.69) is 25.7 Å². The van der Waals surface area contributed by atoms with E-state index in [0.29, 0.717) is 23.1 Å². The fraction of sp³-hybridized carbons (Fsp3) is 0.280. The number of hydrogen-bond donors (Lipinski definition) is 2. The van der Waals surface area contributed by atoms with Gasteiger partial charge in [0.05, 0.1) is 12.4 Å². The van der Waals surface area contributed by atoms with Crippen LogP contribution in [0.2, 0.25) is 0 Å². The number of amides is 1. The lowest BCUT2D eigenvalue weighted by molar-refractivity contribution is -0.182. The molecule has 0 radical (unpaired) electrons. The summed E-state index contributed by atoms with van der Waals surface area (Å²) < 4.78 is 55.7. The fourth-order valence-electron chi connectivity index (χ4n) is 3.96. The minimum Gasteiger partial charge on any atom is -0.349 e. The van der Waals surface area contributed by atoms with Crippen molar-refractivity contribution < 1.29 is 22.4 Å². The number of nitrogens with one attached hydrogen (secondary N) is 2. The number of halogens is 4. The third kappa shape index (κ3) is 5.01. The van der Waals surface area contributed by atoms with Gasteiger partial charge < -0.3 is 5.32 Å². The molecular formula is C25H23F4N5O. The van der Waals surface area contributed by atoms with Crippen molar-refractivity contribution in [2.75, 3.05) is 0 Å². The van der Waals surface area contributed by atoms with Gasteiger partial charge in [-0.2, -0.15) is 28.5 Å². The molecule has 10 heteroatoms. The molecule has 1 aliphatic rings. The first-order valence-corrected chi connectivity index (χ1v) is 10.9. The van der Waals surface area contributed by atoms with E-state index in [0.717, 1.165) is 23.0 Å². The molecule has 4 rings (SSSR count). The Balaban J connectivity index is 1.50. The molecule has 6 nitrogen and oxygen atoms in total. The zero-order valence-electron chi connectivity index (χ0n) is 18.9. The Hall–Kier alpha value is -3.82. The van der Waals surface area contributed by atoms with Gasteiger partial charge in [0.15, 0.2) is 0 Å². The van der Waals surface area contributed by atoms with E-state index >= 15 is 0 Å². The summed E-state index contributed by atoms with van der Waals surface area (Å²) in [5.74, 6) is -1.32. The molecule has 1 aromatic heterocycles. The highest BCUT2D eigenvalue weighted by Gasteiger charge is 2.65. The highest BCUT2D eigenvalue weighted by Crippen LogP contribution is 2.44. The van der Waals surface area contributed by atoms with Crippen LogP contribution in [0.3, 0.4) is 0 Å². The Kier molecular flexibility index (Phi) is 6.81. The predicted octanol–water partition coefficient (Wildman–Crippen LogP) is 5.29. The van der Waals surface area contributed by atoms with Gasteiger partial charge >= 0.3 is 6.18 Å². The molecule has 1 unspecified atom stereocenters. The molecule has 3 aromatic rings. The van der Waals surface area contributed by atoms with E-state index in [9.17, 15) is 22.4 Å². The summed E-state index contributed by atoms with van der Waals surface area (Å²) in [6, 6.07) is 13.3. The molecule has 1 atom stereocenters. The maximum atomic E-state index is 14.3. The number of azo groups is 1. The number of aromatic amines is 1. The van der Waals surface area contributed by atoms with Crippen molar-refractivity contribution in [2.45, 2.75) is 44.7 Å². The van der Waals surface area contributed by atoms with Crippen molar-refractivity contribution in [3.63, 3.8) is 0 Å². The first kappa shape index (κ1) is 24.3. The summed E-state index contributed by atoms with van der Waals surface area (Å²) >= 11 is 0. The zero-order valence-corrected chi connectivity index (χ0v) is 18.9. The lowest BCUT2D eigenvalue weighted by atomic mass is 9.85. The van der Waals surface area contributed by atoms with Gasteiger partial charge in [-0.15, -0.1) is 0 Å². The van der Waals surface area contributed by atoms with E-state index in [1.165, 1.54) is 6.07 Å². The Morgan fingerprint density at radius 3 is 2.34 bits per heavy atom. The van der Waals surface area contributed by atoms with Gasteiger partial charge in [-0.25, -0.2) is 4.39 Å². The van der Waals surface area contributed by atoms with Gasteiger partial charge in [-0.05, 0) is 41.2 Å². The number of carbonyl (C=O) groups excluding carboxylic acids is 1. The largest absolute Gasteiger partial charge is 0.428 e. The molecule has 1 aliphatic heterocycles. The number of aromatic nitrogens is 2. The number of nitrogens with zero attached hydrogens (tertiary/aromatic N) is 3. The van der Waals surface area contributed by atoms with Gasteiger partial charge in [0, 0.05) is 24.2 Å². The summed E-state index contributed by atoms with van der Waals surface area (Å²) in [5.41, 5.74) is 0.999. The Morgan fingerprint density at radius 1 is 1.03 bits per heavy atom. The Morgan fingerprint density at radius 2 is 1.71 bits per heavy atom. The van der Waals surface area contributed by atoms with E-state index in [4.69, 9.17) is 0 Å². The van der Waals surface area contributed by atoms with E-state index < -0.39 is 24.3 Å². The molecule has 35 heavy (non-hydrogen) atoms. The minimum atomic E-state index is -5.00. The fourth-order valence-corrected chi connectivity index (χ4v) is 3.96. The molecule has 182 valence electrons. The number of carbonyl (C=O) groups is 1. The van der Waals surface area contributed by atoms with Crippen LogP contribution in [0.25, 0.3) is 0 Å². The van der Waals surface area contributed by atoms with Crippen LogP contribution >= 0.6 is 0 Å². The van der Waals surface area contributed by atoms with Crippen LogP contribution < -0.4 is 5.32 Å². The molecular weight excluding hydrogens is 462 g/mol. The topological polar surface area (TPSA) is 82.5 Å².